The van der Waals surface area contributed by atoms with Gasteiger partial charge in [0.25, 0.3) is 0 Å². The van der Waals surface area contributed by atoms with E-state index in [2.05, 4.69) is 43.5 Å². The van der Waals surface area contributed by atoms with Crippen molar-refractivity contribution in [3.8, 4) is 0 Å². The highest BCUT2D eigenvalue weighted by Gasteiger charge is 2.47. The molecule has 1 spiro atoms. The molecule has 1 fully saturated rings. The lowest BCUT2D eigenvalue weighted by Crippen LogP contribution is -2.49. The highest BCUT2D eigenvalue weighted by Crippen LogP contribution is 2.51. The predicted octanol–water partition coefficient (Wildman–Crippen LogP) is 5.30. The predicted molar refractivity (Wildman–Crippen MR) is 144 cm³/mol. The van der Waals surface area contributed by atoms with Crippen LogP contribution < -0.4 is 10.6 Å². The van der Waals surface area contributed by atoms with Crippen molar-refractivity contribution in [2.45, 2.75) is 90.8 Å². The molecule has 0 bridgehead atoms. The Bertz CT molecular complexity index is 1120. The lowest BCUT2D eigenvalue weighted by Gasteiger charge is -2.39. The van der Waals surface area contributed by atoms with E-state index in [9.17, 15) is 19.1 Å². The Morgan fingerprint density at radius 3 is 2.38 bits per heavy atom. The summed E-state index contributed by atoms with van der Waals surface area (Å²) in [6.07, 6.45) is 5.14. The minimum atomic E-state index is -0.854. The van der Waals surface area contributed by atoms with Gasteiger partial charge >= 0.3 is 0 Å². The van der Waals surface area contributed by atoms with E-state index in [0.717, 1.165) is 55.2 Å². The van der Waals surface area contributed by atoms with Crippen LogP contribution in [0.1, 0.15) is 92.9 Å². The van der Waals surface area contributed by atoms with E-state index >= 15 is 0 Å². The average Bonchev–Trinajstić information content (AvgIpc) is 3.29. The number of nitrogens with one attached hydrogen (secondary N) is 2. The Labute approximate surface area is 220 Å². The quantitative estimate of drug-likeness (QED) is 0.452. The fourth-order valence-corrected chi connectivity index (χ4v) is 6.20. The van der Waals surface area contributed by atoms with Crippen LogP contribution in [0, 0.1) is 16.6 Å². The van der Waals surface area contributed by atoms with Gasteiger partial charge in [-0.25, -0.2) is 4.39 Å². The molecule has 2 aromatic rings. The summed E-state index contributed by atoms with van der Waals surface area (Å²) in [7, 11) is 0. The zero-order chi connectivity index (χ0) is 26.8. The monoisotopic (exact) mass is 508 g/mol. The normalized spacial score (nSPS) is 20.5. The molecule has 0 saturated heterocycles. The molecule has 200 valence electrons. The van der Waals surface area contributed by atoms with Gasteiger partial charge in [-0.2, -0.15) is 0 Å². The second-order valence-corrected chi connectivity index (χ2v) is 12.3. The van der Waals surface area contributed by atoms with E-state index in [0.29, 0.717) is 6.42 Å². The summed E-state index contributed by atoms with van der Waals surface area (Å²) in [5, 5.41) is 17.6. The van der Waals surface area contributed by atoms with Crippen LogP contribution in [0.25, 0.3) is 0 Å². The molecule has 5 nitrogen and oxygen atoms in total. The fraction of sp³-hybridized carbons (Fsp3) is 0.548. The number of rotatable bonds is 8. The van der Waals surface area contributed by atoms with Crippen LogP contribution in [0.3, 0.4) is 0 Å². The van der Waals surface area contributed by atoms with Crippen molar-refractivity contribution in [2.24, 2.45) is 10.8 Å². The molecule has 37 heavy (non-hydrogen) atoms. The maximum atomic E-state index is 13.6. The van der Waals surface area contributed by atoms with Crippen LogP contribution in [0.5, 0.6) is 0 Å². The summed E-state index contributed by atoms with van der Waals surface area (Å²) in [5.74, 6) is -0.274. The SMILES string of the molecule is CC(=O)N[C@@H](Cc1ccc(F)cc1)[C@H](O)CN[C@H]1CC2(CCCC2)C(=O)c2ccc(CC(C)(C)C)cc21. The zero-order valence-electron chi connectivity index (χ0n) is 22.6. The van der Waals surface area contributed by atoms with Gasteiger partial charge in [-0.05, 0) is 66.3 Å². The van der Waals surface area contributed by atoms with E-state index in [4.69, 9.17) is 0 Å². The molecule has 1 amide bonds. The van der Waals surface area contributed by atoms with E-state index < -0.39 is 12.1 Å². The molecule has 3 N–H and O–H groups in total. The van der Waals surface area contributed by atoms with Gasteiger partial charge in [0.1, 0.15) is 5.82 Å². The van der Waals surface area contributed by atoms with E-state index in [1.165, 1.54) is 24.6 Å². The molecule has 0 heterocycles. The molecule has 0 radical (unpaired) electrons. The molecule has 2 aromatic carbocycles. The van der Waals surface area contributed by atoms with Crippen molar-refractivity contribution < 1.29 is 19.1 Å². The molecule has 4 rings (SSSR count). The minimum Gasteiger partial charge on any atom is -0.390 e. The van der Waals surface area contributed by atoms with Gasteiger partial charge in [0, 0.05) is 30.5 Å². The van der Waals surface area contributed by atoms with Crippen molar-refractivity contribution in [1.29, 1.82) is 0 Å². The smallest absolute Gasteiger partial charge is 0.217 e. The molecule has 6 heteroatoms. The van der Waals surface area contributed by atoms with Gasteiger partial charge in [0.05, 0.1) is 12.1 Å². The molecule has 0 aromatic heterocycles. The second-order valence-electron chi connectivity index (χ2n) is 12.3. The van der Waals surface area contributed by atoms with Gasteiger partial charge < -0.3 is 15.7 Å². The lowest BCUT2D eigenvalue weighted by atomic mass is 9.67. The topological polar surface area (TPSA) is 78.4 Å². The summed E-state index contributed by atoms with van der Waals surface area (Å²) < 4.78 is 13.4. The average molecular weight is 509 g/mol. The maximum Gasteiger partial charge on any atom is 0.217 e. The van der Waals surface area contributed by atoms with Crippen LogP contribution in [0.4, 0.5) is 4.39 Å². The van der Waals surface area contributed by atoms with Crippen molar-refractivity contribution in [2.75, 3.05) is 6.54 Å². The number of ketones is 1. The first kappa shape index (κ1) is 27.5. The van der Waals surface area contributed by atoms with Gasteiger partial charge in [0.15, 0.2) is 5.78 Å². The third kappa shape index (κ3) is 6.66. The van der Waals surface area contributed by atoms with Crippen LogP contribution in [-0.4, -0.2) is 35.5 Å². The molecule has 1 saturated carbocycles. The van der Waals surface area contributed by atoms with Gasteiger partial charge in [-0.15, -0.1) is 0 Å². The molecule has 0 unspecified atom stereocenters. The molecular weight excluding hydrogens is 467 g/mol. The zero-order valence-corrected chi connectivity index (χ0v) is 22.6. The van der Waals surface area contributed by atoms with Crippen LogP contribution in [-0.2, 0) is 17.6 Å². The Hall–Kier alpha value is -2.57. The second kappa shape index (κ2) is 11.0. The van der Waals surface area contributed by atoms with Crippen molar-refractivity contribution >= 4 is 11.7 Å². The molecule has 2 aliphatic rings. The highest BCUT2D eigenvalue weighted by atomic mass is 19.1. The number of carbonyl (C=O) groups excluding carboxylic acids is 2. The number of benzene rings is 2. The number of carbonyl (C=O) groups is 2. The first-order valence-electron chi connectivity index (χ1n) is 13.6. The number of fused-ring (bicyclic) bond motifs is 1. The third-order valence-electron chi connectivity index (χ3n) is 7.90. The number of halogens is 1. The number of hydrogen-bond acceptors (Lipinski definition) is 4. The Morgan fingerprint density at radius 2 is 1.76 bits per heavy atom. The summed E-state index contributed by atoms with van der Waals surface area (Å²) in [6.45, 7) is 8.33. The summed E-state index contributed by atoms with van der Waals surface area (Å²) in [5.41, 5.74) is 3.68. The summed E-state index contributed by atoms with van der Waals surface area (Å²) in [6, 6.07) is 11.8. The molecule has 2 aliphatic carbocycles. The first-order chi connectivity index (χ1) is 17.5. The molecule has 3 atom stereocenters. The number of aliphatic hydroxyl groups excluding tert-OH is 1. The van der Waals surface area contributed by atoms with Crippen LogP contribution in [0.2, 0.25) is 0 Å². The van der Waals surface area contributed by atoms with Crippen LogP contribution >= 0.6 is 0 Å². The highest BCUT2D eigenvalue weighted by molar-refractivity contribution is 6.03. The molecule has 0 aliphatic heterocycles. The Balaban J connectivity index is 1.55. The Morgan fingerprint density at radius 1 is 1.11 bits per heavy atom. The lowest BCUT2D eigenvalue weighted by molar-refractivity contribution is -0.120. The number of hydrogen-bond donors (Lipinski definition) is 3. The molecular formula is C31H41FN2O3. The minimum absolute atomic E-state index is 0.0517. The first-order valence-corrected chi connectivity index (χ1v) is 13.6. The fourth-order valence-electron chi connectivity index (χ4n) is 6.20. The van der Waals surface area contributed by atoms with E-state index in [1.54, 1.807) is 12.1 Å². The van der Waals surface area contributed by atoms with Crippen molar-refractivity contribution in [3.05, 3.63) is 70.5 Å². The maximum absolute atomic E-state index is 13.6. The number of Topliss-reactive ketones (excluding diaryl/α,β-unsaturated/α-hetero) is 1. The summed E-state index contributed by atoms with van der Waals surface area (Å²) >= 11 is 0. The van der Waals surface area contributed by atoms with Gasteiger partial charge in [-0.1, -0.05) is 63.9 Å². The third-order valence-corrected chi connectivity index (χ3v) is 7.90. The van der Waals surface area contributed by atoms with Gasteiger partial charge in [0.2, 0.25) is 5.91 Å². The standard InChI is InChI=1S/C31H41FN2O3/c1-20(35)34-26(16-21-7-10-23(32)11-8-21)28(36)19-33-27-18-31(13-5-6-14-31)29(37)24-12-9-22(15-25(24)27)17-30(2,3)4/h7-12,15,26-28,33,36H,5-6,13-14,16-19H2,1-4H3,(H,34,35)/t26-,27-,28+/m0/s1. The summed E-state index contributed by atoms with van der Waals surface area (Å²) in [4.78, 5) is 25.5. The van der Waals surface area contributed by atoms with E-state index in [1.807, 2.05) is 6.07 Å². The largest absolute Gasteiger partial charge is 0.390 e. The van der Waals surface area contributed by atoms with Crippen LogP contribution in [0.15, 0.2) is 42.5 Å². The number of aliphatic hydroxyl groups is 1. The van der Waals surface area contributed by atoms with E-state index in [-0.39, 0.29) is 40.9 Å². The van der Waals surface area contributed by atoms with Crippen molar-refractivity contribution in [1.82, 2.24) is 10.6 Å². The number of amides is 1. The van der Waals surface area contributed by atoms with Crippen molar-refractivity contribution in [3.63, 3.8) is 0 Å². The Kier molecular flexibility index (Phi) is 8.20. The van der Waals surface area contributed by atoms with Gasteiger partial charge in [-0.3, -0.25) is 9.59 Å².